The Hall–Kier alpha value is 1.38. The van der Waals surface area contributed by atoms with Gasteiger partial charge >= 0.3 is 40.7 Å². The molecule has 4 heavy (non-hydrogen) atoms. The summed E-state index contributed by atoms with van der Waals surface area (Å²) in [4.78, 5) is 0. The number of halogens is 1. The van der Waals surface area contributed by atoms with Crippen molar-refractivity contribution in [2.24, 2.45) is 0 Å². The first-order valence-corrected chi connectivity index (χ1v) is 12.3. The van der Waals surface area contributed by atoms with Gasteiger partial charge in [-0.2, -0.15) is 0 Å². The van der Waals surface area contributed by atoms with Gasteiger partial charge < -0.3 is 0 Å². The van der Waals surface area contributed by atoms with Crippen LogP contribution in [-0.2, 0) is 0 Å². The summed E-state index contributed by atoms with van der Waals surface area (Å²) in [5.74, 6) is 2.10. The van der Waals surface area contributed by atoms with Crippen LogP contribution in [0, 0.1) is 0 Å². The van der Waals surface area contributed by atoms with Crippen LogP contribution in [0.1, 0.15) is 0 Å². The molecule has 0 rings (SSSR count). The molecular formula is CH3ClGe2. The SMILES string of the molecule is [CH3][Ge]([Cl])=[Ge]. The molecule has 0 fully saturated rings. The Morgan fingerprint density at radius 3 is 2.00 bits per heavy atom. The normalized spacial score (nSPS) is 6.50. The first kappa shape index (κ1) is 5.38. The van der Waals surface area contributed by atoms with Gasteiger partial charge in [0.25, 0.3) is 0 Å². The van der Waals surface area contributed by atoms with E-state index < -0.39 is 10.9 Å². The molecule has 0 spiro atoms. The van der Waals surface area contributed by atoms with E-state index in [2.05, 4.69) is 19.8 Å². The Labute approximate surface area is 40.7 Å². The maximum atomic E-state index is 5.44. The van der Waals surface area contributed by atoms with Gasteiger partial charge in [-0.25, -0.2) is 0 Å². The third kappa shape index (κ3) is 10.1. The Morgan fingerprint density at radius 1 is 2.00 bits per heavy atom. The molecule has 2 radical (unpaired) electrons. The fourth-order valence-corrected chi connectivity index (χ4v) is 0. The molecule has 0 atom stereocenters. The van der Waals surface area contributed by atoms with Crippen LogP contribution in [-0.4, -0.2) is 24.9 Å². The molecule has 0 aliphatic heterocycles. The van der Waals surface area contributed by atoms with Gasteiger partial charge in [0.1, 0.15) is 0 Å². The van der Waals surface area contributed by atoms with Crippen LogP contribution in [0.5, 0.6) is 0 Å². The second-order valence-corrected chi connectivity index (χ2v) is 17.3. The van der Waals surface area contributed by atoms with E-state index in [4.69, 9.17) is 10.0 Å². The van der Waals surface area contributed by atoms with Crippen LogP contribution in [0.4, 0.5) is 0 Å². The van der Waals surface area contributed by atoms with Crippen LogP contribution in [0.2, 0.25) is 5.76 Å². The molecule has 0 saturated carbocycles. The molecule has 0 aromatic heterocycles. The molecule has 0 bridgehead atoms. The minimum absolute atomic E-state index is 0.861. The molecule has 0 aromatic carbocycles. The maximum absolute atomic E-state index is 5.44. The van der Waals surface area contributed by atoms with Crippen molar-refractivity contribution >= 4 is 34.9 Å². The standard InChI is InChI=1S/CH3ClGe2/c1-4(2)3/h1H3. The zero-order valence-corrected chi connectivity index (χ0v) is 7.33. The molecule has 22 valence electrons. The summed E-state index contributed by atoms with van der Waals surface area (Å²) in [6.07, 6.45) is 0. The summed E-state index contributed by atoms with van der Waals surface area (Å²) >= 11 is 2.10. The van der Waals surface area contributed by atoms with Gasteiger partial charge in [-0.05, 0) is 0 Å². The van der Waals surface area contributed by atoms with Gasteiger partial charge in [0.15, 0.2) is 0 Å². The van der Waals surface area contributed by atoms with Crippen LogP contribution in [0.3, 0.4) is 0 Å². The number of hydrogen-bond donors (Lipinski definition) is 0. The zero-order chi connectivity index (χ0) is 3.58. The van der Waals surface area contributed by atoms with Crippen molar-refractivity contribution in [1.29, 1.82) is 0 Å². The number of hydrogen-bond acceptors (Lipinski definition) is 0. The molecule has 0 nitrogen and oxygen atoms in total. The van der Waals surface area contributed by atoms with Gasteiger partial charge in [0, 0.05) is 0 Å². The minimum atomic E-state index is -0.861. The fraction of sp³-hybridized carbons (Fsp3) is 1.00. The van der Waals surface area contributed by atoms with E-state index >= 15 is 0 Å². The Morgan fingerprint density at radius 2 is 2.00 bits per heavy atom. The van der Waals surface area contributed by atoms with Crippen LogP contribution in [0.25, 0.3) is 0 Å². The molecule has 0 aliphatic rings. The number of rotatable bonds is 0. The van der Waals surface area contributed by atoms with Gasteiger partial charge in [-0.3, -0.25) is 0 Å². The van der Waals surface area contributed by atoms with Crippen molar-refractivity contribution < 1.29 is 0 Å². The van der Waals surface area contributed by atoms with Gasteiger partial charge in [0.05, 0.1) is 0 Å². The predicted molar refractivity (Wildman–Crippen MR) is 23.2 cm³/mol. The summed E-state index contributed by atoms with van der Waals surface area (Å²) in [7, 11) is 4.58. The third-order valence-electron chi connectivity index (χ3n) is 0. The van der Waals surface area contributed by atoms with Gasteiger partial charge in [0.2, 0.25) is 0 Å². The summed E-state index contributed by atoms with van der Waals surface area (Å²) in [6, 6.07) is 0. The van der Waals surface area contributed by atoms with Crippen molar-refractivity contribution in [3.63, 3.8) is 0 Å². The van der Waals surface area contributed by atoms with Crippen molar-refractivity contribution in [1.82, 2.24) is 0 Å². The van der Waals surface area contributed by atoms with Crippen molar-refractivity contribution in [3.8, 4) is 0 Å². The molecule has 0 aromatic rings. The van der Waals surface area contributed by atoms with E-state index in [0.29, 0.717) is 0 Å². The van der Waals surface area contributed by atoms with Gasteiger partial charge in [-0.1, -0.05) is 0 Å². The average Bonchev–Trinajstić information content (AvgIpc) is 0.811. The molecule has 0 N–H and O–H groups in total. The first-order valence-electron chi connectivity index (χ1n) is 0.939. The zero-order valence-electron chi connectivity index (χ0n) is 2.38. The summed E-state index contributed by atoms with van der Waals surface area (Å²) in [6.45, 7) is 0. The second kappa shape index (κ2) is 2.60. The monoisotopic (exact) mass is 198 g/mol. The van der Waals surface area contributed by atoms with Crippen LogP contribution in [0.15, 0.2) is 0 Å². The topological polar surface area (TPSA) is 0 Å². The predicted octanol–water partition coefficient (Wildman–Crippen LogP) is 0.512. The molecule has 0 aliphatic carbocycles. The fourth-order valence-electron chi connectivity index (χ4n) is 0. The molecular weight excluding hydrogens is 193 g/mol. The summed E-state index contributed by atoms with van der Waals surface area (Å²) in [5, 5.41) is 0. The van der Waals surface area contributed by atoms with E-state index in [1.165, 1.54) is 0 Å². The summed E-state index contributed by atoms with van der Waals surface area (Å²) in [5.41, 5.74) is 0. The Balaban J connectivity index is 2.80. The van der Waals surface area contributed by atoms with E-state index in [1.807, 2.05) is 0 Å². The van der Waals surface area contributed by atoms with Crippen molar-refractivity contribution in [2.45, 2.75) is 5.76 Å². The van der Waals surface area contributed by atoms with E-state index in [-0.39, 0.29) is 0 Å². The average molecular weight is 196 g/mol. The van der Waals surface area contributed by atoms with Crippen molar-refractivity contribution in [3.05, 3.63) is 0 Å². The summed E-state index contributed by atoms with van der Waals surface area (Å²) < 4.78 is 0. The molecule has 3 heteroatoms. The third-order valence-corrected chi connectivity index (χ3v) is 0. The Kier molecular flexibility index (Phi) is 3.50. The molecule has 0 unspecified atom stereocenters. The van der Waals surface area contributed by atoms with Crippen LogP contribution >= 0.6 is 10.0 Å². The first-order chi connectivity index (χ1) is 1.73. The van der Waals surface area contributed by atoms with Gasteiger partial charge in [-0.15, -0.1) is 0 Å². The quantitative estimate of drug-likeness (QED) is 0.495. The van der Waals surface area contributed by atoms with E-state index in [9.17, 15) is 0 Å². The van der Waals surface area contributed by atoms with Crippen LogP contribution < -0.4 is 0 Å². The Bertz CT molecular complexity index is 29.0. The van der Waals surface area contributed by atoms with E-state index in [0.717, 1.165) is 0 Å². The van der Waals surface area contributed by atoms with E-state index in [1.54, 1.807) is 0 Å². The van der Waals surface area contributed by atoms with Crippen molar-refractivity contribution in [2.75, 3.05) is 0 Å². The molecule has 0 saturated heterocycles. The second-order valence-electron chi connectivity index (χ2n) is 0.533. The molecule has 0 amide bonds. The molecule has 0 heterocycles.